The average Bonchev–Trinajstić information content (AvgIpc) is 2.98. The number of H-pyrrole nitrogens is 1. The fraction of sp³-hybridized carbons (Fsp3) is 0.444. The summed E-state index contributed by atoms with van der Waals surface area (Å²) in [5, 5.41) is 10.4. The molecule has 1 aliphatic rings. The zero-order chi connectivity index (χ0) is 17.1. The van der Waals surface area contributed by atoms with Crippen molar-refractivity contribution in [1.29, 1.82) is 0 Å². The third-order valence-corrected chi connectivity index (χ3v) is 5.21. The molecule has 2 aromatic rings. The van der Waals surface area contributed by atoms with Crippen LogP contribution in [0.2, 0.25) is 0 Å². The number of carbonyl (C=O) groups is 1. The van der Waals surface area contributed by atoms with E-state index in [4.69, 9.17) is 5.73 Å². The van der Waals surface area contributed by atoms with Gasteiger partial charge in [-0.25, -0.2) is 0 Å². The molecule has 1 aromatic carbocycles. The van der Waals surface area contributed by atoms with Crippen LogP contribution in [0.3, 0.4) is 0 Å². The van der Waals surface area contributed by atoms with E-state index >= 15 is 0 Å². The first-order valence-electron chi connectivity index (χ1n) is 8.48. The lowest BCUT2D eigenvalue weighted by atomic mass is 9.85. The van der Waals surface area contributed by atoms with Crippen LogP contribution < -0.4 is 11.1 Å². The van der Waals surface area contributed by atoms with E-state index in [1.54, 1.807) is 0 Å². The maximum absolute atomic E-state index is 12.5. The number of amides is 1. The molecule has 2 atom stereocenters. The van der Waals surface area contributed by atoms with Crippen LogP contribution in [0, 0.1) is 5.92 Å². The fourth-order valence-electron chi connectivity index (χ4n) is 3.35. The van der Waals surface area contributed by atoms with Crippen LogP contribution in [-0.4, -0.2) is 22.1 Å². The topological polar surface area (TPSA) is 83.8 Å². The molecule has 7 heteroatoms. The van der Waals surface area contributed by atoms with Crippen molar-refractivity contribution in [3.05, 3.63) is 34.3 Å². The second kappa shape index (κ2) is 8.83. The number of hydrogen-bond acceptors (Lipinski definition) is 3. The van der Waals surface area contributed by atoms with E-state index in [-0.39, 0.29) is 30.3 Å². The molecular formula is C18H24BrClN4O. The molecule has 1 aromatic heterocycles. The largest absolute Gasteiger partial charge is 0.328 e. The molecule has 2 unspecified atom stereocenters. The molecular weight excluding hydrogens is 404 g/mol. The molecule has 0 saturated heterocycles. The Morgan fingerprint density at radius 1 is 1.36 bits per heavy atom. The Hall–Kier alpha value is -1.37. The first-order valence-corrected chi connectivity index (χ1v) is 9.27. The van der Waals surface area contributed by atoms with Gasteiger partial charge in [0.1, 0.15) is 0 Å². The van der Waals surface area contributed by atoms with Crippen molar-refractivity contribution in [2.45, 2.75) is 45.1 Å². The molecule has 1 saturated carbocycles. The molecule has 3 rings (SSSR count). The summed E-state index contributed by atoms with van der Waals surface area (Å²) in [6.45, 7) is 2.07. The quantitative estimate of drug-likeness (QED) is 0.681. The SMILES string of the molecule is CCc1c(NC(=O)C2CCCC(N)C2)n[nH]c1-c1ccc(Br)cc1.Cl. The van der Waals surface area contributed by atoms with E-state index in [9.17, 15) is 4.79 Å². The Morgan fingerprint density at radius 2 is 2.08 bits per heavy atom. The molecule has 0 aliphatic heterocycles. The van der Waals surface area contributed by atoms with E-state index in [1.807, 2.05) is 24.3 Å². The van der Waals surface area contributed by atoms with E-state index in [2.05, 4.69) is 38.4 Å². The van der Waals surface area contributed by atoms with Gasteiger partial charge in [0.2, 0.25) is 5.91 Å². The van der Waals surface area contributed by atoms with Gasteiger partial charge >= 0.3 is 0 Å². The lowest BCUT2D eigenvalue weighted by Gasteiger charge is -2.25. The summed E-state index contributed by atoms with van der Waals surface area (Å²) < 4.78 is 1.03. The molecule has 1 heterocycles. The van der Waals surface area contributed by atoms with Crippen molar-refractivity contribution in [3.63, 3.8) is 0 Å². The van der Waals surface area contributed by atoms with Crippen molar-refractivity contribution in [1.82, 2.24) is 10.2 Å². The summed E-state index contributed by atoms with van der Waals surface area (Å²) in [6.07, 6.45) is 4.49. The number of hydrogen-bond donors (Lipinski definition) is 3. The Morgan fingerprint density at radius 3 is 2.72 bits per heavy atom. The van der Waals surface area contributed by atoms with Crippen LogP contribution in [0.5, 0.6) is 0 Å². The first-order chi connectivity index (χ1) is 11.6. The van der Waals surface area contributed by atoms with Gasteiger partial charge in [-0.05, 0) is 43.4 Å². The molecule has 5 nitrogen and oxygen atoms in total. The molecule has 0 spiro atoms. The Bertz CT molecular complexity index is 716. The summed E-state index contributed by atoms with van der Waals surface area (Å²) >= 11 is 3.45. The number of halogens is 2. The van der Waals surface area contributed by atoms with Gasteiger partial charge in [-0.15, -0.1) is 12.4 Å². The maximum Gasteiger partial charge on any atom is 0.228 e. The van der Waals surface area contributed by atoms with E-state index in [0.717, 1.165) is 53.4 Å². The number of benzene rings is 1. The summed E-state index contributed by atoms with van der Waals surface area (Å²) in [5.74, 6) is 0.666. The van der Waals surface area contributed by atoms with Gasteiger partial charge in [-0.3, -0.25) is 9.89 Å². The van der Waals surface area contributed by atoms with Gasteiger partial charge in [-0.1, -0.05) is 41.4 Å². The van der Waals surface area contributed by atoms with Crippen LogP contribution in [0.4, 0.5) is 5.82 Å². The van der Waals surface area contributed by atoms with Gasteiger partial charge < -0.3 is 11.1 Å². The number of nitrogens with one attached hydrogen (secondary N) is 2. The van der Waals surface area contributed by atoms with Crippen LogP contribution in [-0.2, 0) is 11.2 Å². The fourth-order valence-corrected chi connectivity index (χ4v) is 3.62. The highest BCUT2D eigenvalue weighted by Gasteiger charge is 2.26. The second-order valence-corrected chi connectivity index (χ2v) is 7.31. The third kappa shape index (κ3) is 4.63. The van der Waals surface area contributed by atoms with Gasteiger partial charge in [0.05, 0.1) is 5.69 Å². The lowest BCUT2D eigenvalue weighted by Crippen LogP contribution is -2.34. The minimum atomic E-state index is -0.00807. The Labute approximate surface area is 162 Å². The minimum Gasteiger partial charge on any atom is -0.328 e. The highest BCUT2D eigenvalue weighted by Crippen LogP contribution is 2.30. The van der Waals surface area contributed by atoms with Crippen LogP contribution in [0.1, 0.15) is 38.2 Å². The van der Waals surface area contributed by atoms with Crippen molar-refractivity contribution < 1.29 is 4.79 Å². The predicted molar refractivity (Wildman–Crippen MR) is 107 cm³/mol. The lowest BCUT2D eigenvalue weighted by molar-refractivity contribution is -0.120. The standard InChI is InChI=1S/C18H23BrN4O.ClH/c1-2-15-16(11-6-8-13(19)9-7-11)22-23-17(15)21-18(24)12-4-3-5-14(20)10-12;/h6-9,12,14H,2-5,10,20H2,1H3,(H2,21,22,23,24);1H. The van der Waals surface area contributed by atoms with E-state index in [0.29, 0.717) is 5.82 Å². The van der Waals surface area contributed by atoms with Crippen LogP contribution in [0.25, 0.3) is 11.3 Å². The summed E-state index contributed by atoms with van der Waals surface area (Å²) in [7, 11) is 0. The van der Waals surface area contributed by atoms with Gasteiger partial charge in [0, 0.05) is 22.0 Å². The van der Waals surface area contributed by atoms with Crippen LogP contribution >= 0.6 is 28.3 Å². The summed E-state index contributed by atoms with van der Waals surface area (Å²) in [4.78, 5) is 12.5. The first kappa shape index (κ1) is 19.9. The number of rotatable bonds is 4. The van der Waals surface area contributed by atoms with E-state index in [1.165, 1.54) is 0 Å². The molecule has 1 amide bonds. The molecule has 136 valence electrons. The molecule has 1 aliphatic carbocycles. The van der Waals surface area contributed by atoms with Gasteiger partial charge in [0.25, 0.3) is 0 Å². The summed E-state index contributed by atoms with van der Waals surface area (Å²) in [5.41, 5.74) is 9.05. The van der Waals surface area contributed by atoms with Crippen LogP contribution in [0.15, 0.2) is 28.7 Å². The van der Waals surface area contributed by atoms with Crippen molar-refractivity contribution in [3.8, 4) is 11.3 Å². The molecule has 0 bridgehead atoms. The van der Waals surface area contributed by atoms with Crippen molar-refractivity contribution in [2.24, 2.45) is 11.7 Å². The smallest absolute Gasteiger partial charge is 0.228 e. The molecule has 25 heavy (non-hydrogen) atoms. The second-order valence-electron chi connectivity index (χ2n) is 6.40. The molecule has 1 fully saturated rings. The number of nitrogens with two attached hydrogens (primary N) is 1. The third-order valence-electron chi connectivity index (χ3n) is 4.68. The number of aromatic nitrogens is 2. The Balaban J connectivity index is 0.00000225. The number of nitrogens with zero attached hydrogens (tertiary/aromatic N) is 1. The zero-order valence-corrected chi connectivity index (χ0v) is 16.6. The van der Waals surface area contributed by atoms with Gasteiger partial charge in [-0.2, -0.15) is 5.10 Å². The highest BCUT2D eigenvalue weighted by atomic mass is 79.9. The summed E-state index contributed by atoms with van der Waals surface area (Å²) in [6, 6.07) is 8.19. The van der Waals surface area contributed by atoms with Gasteiger partial charge in [0.15, 0.2) is 5.82 Å². The van der Waals surface area contributed by atoms with E-state index < -0.39 is 0 Å². The minimum absolute atomic E-state index is 0. The number of aromatic amines is 1. The predicted octanol–water partition coefficient (Wildman–Crippen LogP) is 4.28. The van der Waals surface area contributed by atoms with Crippen molar-refractivity contribution in [2.75, 3.05) is 5.32 Å². The zero-order valence-electron chi connectivity index (χ0n) is 14.2. The maximum atomic E-state index is 12.5. The molecule has 4 N–H and O–H groups in total. The number of anilines is 1. The number of carbonyl (C=O) groups excluding carboxylic acids is 1. The monoisotopic (exact) mass is 426 g/mol. The molecule has 0 radical (unpaired) electrons. The normalized spacial score (nSPS) is 20.0. The highest BCUT2D eigenvalue weighted by molar-refractivity contribution is 9.10. The average molecular weight is 428 g/mol. The van der Waals surface area contributed by atoms with Crippen molar-refractivity contribution >= 4 is 40.1 Å². The Kier molecular flexibility index (Phi) is 7.04.